The molecule has 1 heterocycles. The highest BCUT2D eigenvalue weighted by molar-refractivity contribution is 4.90. The third kappa shape index (κ3) is 1.98. The van der Waals surface area contributed by atoms with Crippen molar-refractivity contribution < 1.29 is 0 Å². The van der Waals surface area contributed by atoms with Crippen LogP contribution in [0.15, 0.2) is 0 Å². The van der Waals surface area contributed by atoms with Crippen molar-refractivity contribution >= 4 is 0 Å². The Morgan fingerprint density at radius 3 is 2.60 bits per heavy atom. The number of hydrogen-bond donors (Lipinski definition) is 0. The van der Waals surface area contributed by atoms with E-state index >= 15 is 0 Å². The second-order valence-electron chi connectivity index (χ2n) is 3.66. The van der Waals surface area contributed by atoms with Crippen molar-refractivity contribution in [3.05, 3.63) is 0 Å². The van der Waals surface area contributed by atoms with E-state index in [1.807, 2.05) is 0 Å². The van der Waals surface area contributed by atoms with Crippen LogP contribution in [-0.4, -0.2) is 24.0 Å². The van der Waals surface area contributed by atoms with Crippen LogP contribution in [0.3, 0.4) is 0 Å². The highest BCUT2D eigenvalue weighted by atomic mass is 15.3. The Bertz CT molecular complexity index is 98.9. The Morgan fingerprint density at radius 1 is 1.50 bits per heavy atom. The fourth-order valence-electron chi connectivity index (χ4n) is 1.44. The van der Waals surface area contributed by atoms with Gasteiger partial charge in [0.1, 0.15) is 0 Å². The second-order valence-corrected chi connectivity index (χ2v) is 3.66. The highest BCUT2D eigenvalue weighted by Gasteiger charge is 2.34. The number of nitrogens with zero attached hydrogens (tertiary/aromatic N) is 1. The molecule has 1 heteroatoms. The van der Waals surface area contributed by atoms with Gasteiger partial charge in [-0.2, -0.15) is 0 Å². The lowest BCUT2D eigenvalue weighted by Crippen LogP contribution is -2.08. The lowest BCUT2D eigenvalue weighted by atomic mass is 10.1. The summed E-state index contributed by atoms with van der Waals surface area (Å²) in [6.07, 6.45) is 2.71. The van der Waals surface area contributed by atoms with E-state index < -0.39 is 0 Å². The topological polar surface area (TPSA) is 3.01 Å². The van der Waals surface area contributed by atoms with Crippen molar-refractivity contribution in [1.82, 2.24) is 4.90 Å². The molecule has 1 saturated heterocycles. The molecule has 1 rings (SSSR count). The molecular weight excluding hydrogens is 122 g/mol. The third-order valence-electron chi connectivity index (χ3n) is 2.33. The SMILES string of the molecule is CCCCN1C[C@H]1C(C)C. The van der Waals surface area contributed by atoms with Gasteiger partial charge >= 0.3 is 0 Å². The van der Waals surface area contributed by atoms with E-state index in [1.165, 1.54) is 25.9 Å². The summed E-state index contributed by atoms with van der Waals surface area (Å²) < 4.78 is 0. The van der Waals surface area contributed by atoms with E-state index in [1.54, 1.807) is 0 Å². The lowest BCUT2D eigenvalue weighted by molar-refractivity contribution is 0.434. The quantitative estimate of drug-likeness (QED) is 0.542. The van der Waals surface area contributed by atoms with Gasteiger partial charge in [-0.05, 0) is 18.9 Å². The monoisotopic (exact) mass is 141 g/mol. The van der Waals surface area contributed by atoms with E-state index in [0.29, 0.717) is 0 Å². The van der Waals surface area contributed by atoms with Crippen molar-refractivity contribution in [1.29, 1.82) is 0 Å². The van der Waals surface area contributed by atoms with E-state index in [0.717, 1.165) is 12.0 Å². The van der Waals surface area contributed by atoms with Gasteiger partial charge in [-0.25, -0.2) is 0 Å². The molecule has 1 nitrogen and oxygen atoms in total. The summed E-state index contributed by atoms with van der Waals surface area (Å²) in [6.45, 7) is 9.58. The molecule has 0 spiro atoms. The molecule has 0 saturated carbocycles. The normalized spacial score (nSPS) is 31.2. The zero-order valence-electron chi connectivity index (χ0n) is 7.43. The average molecular weight is 141 g/mol. The molecule has 0 bridgehead atoms. The molecule has 1 fully saturated rings. The standard InChI is InChI=1S/C9H19N/c1-4-5-6-10-7-9(10)8(2)3/h8-9H,4-7H2,1-3H3/t9-,10?/m0/s1. The predicted molar refractivity (Wildman–Crippen MR) is 45.1 cm³/mol. The Kier molecular flexibility index (Phi) is 2.72. The molecule has 1 aliphatic heterocycles. The van der Waals surface area contributed by atoms with Gasteiger partial charge in [0.05, 0.1) is 0 Å². The van der Waals surface area contributed by atoms with Gasteiger partial charge in [0.2, 0.25) is 0 Å². The van der Waals surface area contributed by atoms with Gasteiger partial charge in [-0.3, -0.25) is 4.90 Å². The molecule has 0 N–H and O–H groups in total. The molecule has 60 valence electrons. The van der Waals surface area contributed by atoms with Crippen LogP contribution in [0.4, 0.5) is 0 Å². The van der Waals surface area contributed by atoms with Crippen molar-refractivity contribution in [2.75, 3.05) is 13.1 Å². The van der Waals surface area contributed by atoms with Crippen LogP contribution < -0.4 is 0 Å². The number of unbranched alkanes of at least 4 members (excludes halogenated alkanes) is 1. The highest BCUT2D eigenvalue weighted by Crippen LogP contribution is 2.24. The summed E-state index contributed by atoms with van der Waals surface area (Å²) in [4.78, 5) is 2.58. The summed E-state index contributed by atoms with van der Waals surface area (Å²) in [7, 11) is 0. The van der Waals surface area contributed by atoms with Crippen molar-refractivity contribution in [2.24, 2.45) is 5.92 Å². The Labute approximate surface area is 64.4 Å². The van der Waals surface area contributed by atoms with Gasteiger partial charge < -0.3 is 0 Å². The first-order chi connectivity index (χ1) is 4.75. The molecule has 0 radical (unpaired) electrons. The second kappa shape index (κ2) is 3.38. The van der Waals surface area contributed by atoms with Gasteiger partial charge in [-0.15, -0.1) is 0 Å². The maximum absolute atomic E-state index is 2.58. The van der Waals surface area contributed by atoms with Gasteiger partial charge in [-0.1, -0.05) is 27.2 Å². The van der Waals surface area contributed by atoms with Crippen LogP contribution in [0.2, 0.25) is 0 Å². The summed E-state index contributed by atoms with van der Waals surface area (Å²) in [5.41, 5.74) is 0. The zero-order chi connectivity index (χ0) is 7.56. The largest absolute Gasteiger partial charge is 0.297 e. The minimum absolute atomic E-state index is 0.872. The first-order valence-corrected chi connectivity index (χ1v) is 4.49. The van der Waals surface area contributed by atoms with E-state index in [9.17, 15) is 0 Å². The van der Waals surface area contributed by atoms with Crippen LogP contribution in [0, 0.1) is 5.92 Å². The first-order valence-electron chi connectivity index (χ1n) is 4.49. The Hall–Kier alpha value is -0.0400. The third-order valence-corrected chi connectivity index (χ3v) is 2.33. The minimum Gasteiger partial charge on any atom is -0.297 e. The molecular formula is C9H19N. The maximum Gasteiger partial charge on any atom is 0.0246 e. The molecule has 0 aromatic rings. The maximum atomic E-state index is 2.58. The van der Waals surface area contributed by atoms with Crippen LogP contribution in [0.5, 0.6) is 0 Å². The van der Waals surface area contributed by atoms with Crippen LogP contribution >= 0.6 is 0 Å². The molecule has 0 aliphatic carbocycles. The van der Waals surface area contributed by atoms with Crippen molar-refractivity contribution in [3.8, 4) is 0 Å². The molecule has 1 aliphatic rings. The summed E-state index contributed by atoms with van der Waals surface area (Å²) in [6, 6.07) is 0.923. The molecule has 10 heavy (non-hydrogen) atoms. The van der Waals surface area contributed by atoms with Gasteiger partial charge in [0.25, 0.3) is 0 Å². The Morgan fingerprint density at radius 2 is 2.20 bits per heavy atom. The fourth-order valence-corrected chi connectivity index (χ4v) is 1.44. The molecule has 1 unspecified atom stereocenters. The fraction of sp³-hybridized carbons (Fsp3) is 1.00. The minimum atomic E-state index is 0.872. The summed E-state index contributed by atoms with van der Waals surface area (Å²) in [5.74, 6) is 0.872. The first kappa shape index (κ1) is 8.06. The average Bonchev–Trinajstić information content (AvgIpc) is 2.62. The lowest BCUT2D eigenvalue weighted by Gasteiger charge is -2.03. The van der Waals surface area contributed by atoms with Crippen molar-refractivity contribution in [2.45, 2.75) is 39.7 Å². The smallest absolute Gasteiger partial charge is 0.0246 e. The summed E-state index contributed by atoms with van der Waals surface area (Å²) in [5, 5.41) is 0. The van der Waals surface area contributed by atoms with E-state index in [2.05, 4.69) is 25.7 Å². The number of hydrogen-bond acceptors (Lipinski definition) is 1. The molecule has 0 aromatic heterocycles. The predicted octanol–water partition coefficient (Wildman–Crippen LogP) is 2.13. The number of rotatable bonds is 4. The van der Waals surface area contributed by atoms with Crippen LogP contribution in [-0.2, 0) is 0 Å². The summed E-state index contributed by atoms with van der Waals surface area (Å²) >= 11 is 0. The molecule has 0 amide bonds. The zero-order valence-corrected chi connectivity index (χ0v) is 7.43. The van der Waals surface area contributed by atoms with Crippen LogP contribution in [0.1, 0.15) is 33.6 Å². The molecule has 2 atom stereocenters. The Balaban J connectivity index is 2.02. The van der Waals surface area contributed by atoms with E-state index in [4.69, 9.17) is 0 Å². The van der Waals surface area contributed by atoms with Crippen LogP contribution in [0.25, 0.3) is 0 Å². The van der Waals surface area contributed by atoms with Crippen molar-refractivity contribution in [3.63, 3.8) is 0 Å². The molecule has 0 aromatic carbocycles. The van der Waals surface area contributed by atoms with Gasteiger partial charge in [0.15, 0.2) is 0 Å². The van der Waals surface area contributed by atoms with E-state index in [-0.39, 0.29) is 0 Å². The van der Waals surface area contributed by atoms with Gasteiger partial charge in [0, 0.05) is 12.6 Å².